The Kier molecular flexibility index (Phi) is 5.80. The van der Waals surface area contributed by atoms with Crippen molar-refractivity contribution in [3.8, 4) is 0 Å². The molecule has 1 saturated heterocycles. The van der Waals surface area contributed by atoms with Crippen molar-refractivity contribution in [3.05, 3.63) is 81.3 Å². The van der Waals surface area contributed by atoms with E-state index in [9.17, 15) is 14.4 Å². The molecule has 0 unspecified atom stereocenters. The molecule has 3 amide bonds. The topological polar surface area (TPSA) is 57.7 Å². The van der Waals surface area contributed by atoms with E-state index in [2.05, 4.69) is 15.9 Å². The zero-order chi connectivity index (χ0) is 21.4. The highest BCUT2D eigenvalue weighted by molar-refractivity contribution is 9.10. The highest BCUT2D eigenvalue weighted by atomic mass is 79.9. The van der Waals surface area contributed by atoms with Gasteiger partial charge < -0.3 is 0 Å². The van der Waals surface area contributed by atoms with Crippen LogP contribution in [0.1, 0.15) is 29.3 Å². The maximum Gasteiger partial charge on any atom is 0.274 e. The molecule has 4 rings (SSSR count). The number of benzene rings is 2. The van der Waals surface area contributed by atoms with Crippen molar-refractivity contribution in [2.45, 2.75) is 19.9 Å². The normalized spacial score (nSPS) is 22.9. The first-order valence-corrected chi connectivity index (χ1v) is 10.9. The van der Waals surface area contributed by atoms with Gasteiger partial charge >= 0.3 is 0 Å². The van der Waals surface area contributed by atoms with Crippen LogP contribution >= 0.6 is 27.5 Å². The lowest BCUT2D eigenvalue weighted by Gasteiger charge is -2.31. The third-order valence-corrected chi connectivity index (χ3v) is 6.53. The predicted octanol–water partition coefficient (Wildman–Crippen LogP) is 4.86. The number of carbonyl (C=O) groups is 3. The van der Waals surface area contributed by atoms with Crippen LogP contribution in [0.3, 0.4) is 0 Å². The number of allylic oxidation sites excluding steroid dienone is 2. The molecule has 30 heavy (non-hydrogen) atoms. The average Bonchev–Trinajstić information content (AvgIpc) is 2.99. The summed E-state index contributed by atoms with van der Waals surface area (Å²) in [5.74, 6) is -2.10. The van der Waals surface area contributed by atoms with Gasteiger partial charge in [-0.15, -0.1) is 0 Å². The number of rotatable bonds is 4. The van der Waals surface area contributed by atoms with Crippen molar-refractivity contribution < 1.29 is 14.4 Å². The molecule has 0 radical (unpaired) electrons. The van der Waals surface area contributed by atoms with E-state index in [1.54, 1.807) is 24.3 Å². The van der Waals surface area contributed by atoms with Crippen LogP contribution in [0.25, 0.3) is 0 Å². The van der Waals surface area contributed by atoms with Gasteiger partial charge in [-0.05, 0) is 42.2 Å². The summed E-state index contributed by atoms with van der Waals surface area (Å²) in [6.45, 7) is 2.01. The molecule has 0 spiro atoms. The first-order chi connectivity index (χ1) is 14.4. The van der Waals surface area contributed by atoms with Crippen LogP contribution in [0.2, 0.25) is 5.02 Å². The number of hydrogen-bond donors (Lipinski definition) is 0. The molecule has 2 aromatic carbocycles. The number of fused-ring (bicyclic) bond motifs is 1. The zero-order valence-electron chi connectivity index (χ0n) is 16.3. The van der Waals surface area contributed by atoms with Crippen molar-refractivity contribution in [1.29, 1.82) is 0 Å². The van der Waals surface area contributed by atoms with E-state index >= 15 is 0 Å². The minimum atomic E-state index is -0.482. The predicted molar refractivity (Wildman–Crippen MR) is 117 cm³/mol. The molecule has 1 fully saturated rings. The quantitative estimate of drug-likeness (QED) is 0.457. The van der Waals surface area contributed by atoms with Gasteiger partial charge in [-0.3, -0.25) is 14.4 Å². The lowest BCUT2D eigenvalue weighted by Crippen LogP contribution is -2.50. The van der Waals surface area contributed by atoms with Gasteiger partial charge in [0.05, 0.1) is 29.0 Å². The van der Waals surface area contributed by atoms with Crippen LogP contribution in [0.15, 0.2) is 65.2 Å². The Morgan fingerprint density at radius 1 is 1.13 bits per heavy atom. The zero-order valence-corrected chi connectivity index (χ0v) is 18.6. The lowest BCUT2D eigenvalue weighted by atomic mass is 9.78. The van der Waals surface area contributed by atoms with Crippen molar-refractivity contribution >= 4 is 45.3 Å². The van der Waals surface area contributed by atoms with E-state index in [0.29, 0.717) is 6.42 Å². The third-order valence-electron chi connectivity index (χ3n) is 5.68. The van der Waals surface area contributed by atoms with Crippen molar-refractivity contribution in [2.24, 2.45) is 17.8 Å². The van der Waals surface area contributed by atoms with Gasteiger partial charge in [0.25, 0.3) is 17.7 Å². The van der Waals surface area contributed by atoms with Crippen molar-refractivity contribution in [2.75, 3.05) is 0 Å². The number of hydrazine groups is 1. The van der Waals surface area contributed by atoms with Crippen LogP contribution in [0.5, 0.6) is 0 Å². The summed E-state index contributed by atoms with van der Waals surface area (Å²) >= 11 is 9.66. The van der Waals surface area contributed by atoms with Crippen molar-refractivity contribution in [1.82, 2.24) is 10.0 Å². The monoisotopic (exact) mass is 486 g/mol. The summed E-state index contributed by atoms with van der Waals surface area (Å²) < 4.78 is 0.898. The molecule has 154 valence electrons. The van der Waals surface area contributed by atoms with Gasteiger partial charge in [-0.1, -0.05) is 70.9 Å². The van der Waals surface area contributed by atoms with Gasteiger partial charge in [0.2, 0.25) is 0 Å². The van der Waals surface area contributed by atoms with Gasteiger partial charge in [-0.2, -0.15) is 5.01 Å². The molecule has 0 N–H and O–H groups in total. The average molecular weight is 488 g/mol. The molecule has 2 aliphatic rings. The van der Waals surface area contributed by atoms with Gasteiger partial charge in [0.15, 0.2) is 0 Å². The second-order valence-corrected chi connectivity index (χ2v) is 8.94. The number of hydrogen-bond acceptors (Lipinski definition) is 3. The minimum absolute atomic E-state index is 0.0601. The third kappa shape index (κ3) is 3.70. The first kappa shape index (κ1) is 20.8. The molecule has 0 aromatic heterocycles. The highest BCUT2D eigenvalue weighted by Crippen LogP contribution is 2.39. The van der Waals surface area contributed by atoms with E-state index < -0.39 is 17.7 Å². The summed E-state index contributed by atoms with van der Waals surface area (Å²) in [6, 6.07) is 14.0. The molecule has 7 heteroatoms. The van der Waals surface area contributed by atoms with E-state index in [-0.39, 0.29) is 34.9 Å². The summed E-state index contributed by atoms with van der Waals surface area (Å²) in [4.78, 5) is 40.0. The Balaban J connectivity index is 1.74. The van der Waals surface area contributed by atoms with E-state index in [1.807, 2.05) is 43.3 Å². The summed E-state index contributed by atoms with van der Waals surface area (Å²) in [7, 11) is 0. The van der Waals surface area contributed by atoms with Crippen LogP contribution in [0, 0.1) is 17.8 Å². The molecule has 1 aliphatic heterocycles. The summed E-state index contributed by atoms with van der Waals surface area (Å²) in [5.41, 5.74) is 1.04. The first-order valence-electron chi connectivity index (χ1n) is 9.73. The fourth-order valence-electron chi connectivity index (χ4n) is 4.14. The van der Waals surface area contributed by atoms with Crippen LogP contribution in [-0.4, -0.2) is 27.7 Å². The molecular weight excluding hydrogens is 468 g/mol. The van der Waals surface area contributed by atoms with Gasteiger partial charge in [0, 0.05) is 4.47 Å². The second kappa shape index (κ2) is 8.36. The molecular formula is C23H20BrClN2O3. The van der Waals surface area contributed by atoms with Crippen LogP contribution in [-0.2, 0) is 16.1 Å². The second-order valence-electron chi connectivity index (χ2n) is 7.61. The number of halogens is 2. The number of carbonyl (C=O) groups excluding carboxylic acids is 3. The minimum Gasteiger partial charge on any atom is -0.272 e. The lowest BCUT2D eigenvalue weighted by molar-refractivity contribution is -0.155. The molecule has 1 aliphatic carbocycles. The molecule has 5 nitrogen and oxygen atoms in total. The van der Waals surface area contributed by atoms with Gasteiger partial charge in [-0.25, -0.2) is 5.01 Å². The SMILES string of the molecule is C[C@@H]1C=CC[C@H]2C(=O)N(N(Cc3ccc(Br)cc3)C(=O)c3ccccc3Cl)C(=O)[C@@H]12. The largest absolute Gasteiger partial charge is 0.274 e. The Morgan fingerprint density at radius 2 is 1.83 bits per heavy atom. The Morgan fingerprint density at radius 3 is 2.50 bits per heavy atom. The molecule has 0 bridgehead atoms. The number of imide groups is 1. The van der Waals surface area contributed by atoms with Crippen LogP contribution < -0.4 is 0 Å². The number of amides is 3. The Bertz CT molecular complexity index is 1040. The van der Waals surface area contributed by atoms with Gasteiger partial charge in [0.1, 0.15) is 0 Å². The van der Waals surface area contributed by atoms with Crippen molar-refractivity contribution in [3.63, 3.8) is 0 Å². The summed E-state index contributed by atoms with van der Waals surface area (Å²) in [6.07, 6.45) is 4.41. The highest BCUT2D eigenvalue weighted by Gasteiger charge is 2.53. The Labute approximate surface area is 188 Å². The molecule has 0 saturated carbocycles. The molecule has 3 atom stereocenters. The Hall–Kier alpha value is -2.44. The fourth-order valence-corrected chi connectivity index (χ4v) is 4.62. The van der Waals surface area contributed by atoms with E-state index in [0.717, 1.165) is 15.0 Å². The smallest absolute Gasteiger partial charge is 0.272 e. The standard InChI is InChI=1S/C23H20BrClN2O3/c1-14-5-4-7-18-20(14)23(30)27(22(18)29)26(13-15-9-11-16(24)12-10-15)21(28)17-6-2-3-8-19(17)25/h2-6,8-12,14,18,20H,7,13H2,1H3/t14-,18-,20+/m1/s1. The fraction of sp³-hybridized carbons (Fsp3) is 0.261. The van der Waals surface area contributed by atoms with E-state index in [4.69, 9.17) is 11.6 Å². The number of nitrogens with zero attached hydrogens (tertiary/aromatic N) is 2. The van der Waals surface area contributed by atoms with E-state index in [1.165, 1.54) is 5.01 Å². The molecule has 1 heterocycles. The maximum atomic E-state index is 13.5. The summed E-state index contributed by atoms with van der Waals surface area (Å²) in [5, 5.41) is 2.56. The van der Waals surface area contributed by atoms with Crippen LogP contribution in [0.4, 0.5) is 0 Å². The maximum absolute atomic E-state index is 13.5. The molecule has 2 aromatic rings.